The molecule has 102 valence electrons. The van der Waals surface area contributed by atoms with Gasteiger partial charge in [0.2, 0.25) is 0 Å². The van der Waals surface area contributed by atoms with Crippen molar-refractivity contribution in [1.82, 2.24) is 9.47 Å². The minimum atomic E-state index is 0.0806. The van der Waals surface area contributed by atoms with Gasteiger partial charge in [-0.25, -0.2) is 0 Å². The number of hydrogen-bond donors (Lipinski definition) is 1. The Hall–Kier alpha value is -1.45. The van der Waals surface area contributed by atoms with Crippen molar-refractivity contribution in [1.29, 1.82) is 0 Å². The lowest BCUT2D eigenvalue weighted by molar-refractivity contribution is 0.0688. The van der Waals surface area contributed by atoms with Crippen LogP contribution in [0.15, 0.2) is 12.3 Å². The number of carbonyl (C=O) groups is 1. The Morgan fingerprint density at radius 1 is 1.44 bits per heavy atom. The molecule has 0 saturated heterocycles. The first-order valence-electron chi connectivity index (χ1n) is 6.81. The molecule has 18 heavy (non-hydrogen) atoms. The van der Waals surface area contributed by atoms with Crippen molar-refractivity contribution >= 4 is 11.6 Å². The fourth-order valence-corrected chi connectivity index (χ4v) is 2.16. The molecule has 0 saturated carbocycles. The molecule has 1 aromatic heterocycles. The zero-order valence-electron chi connectivity index (χ0n) is 11.9. The summed E-state index contributed by atoms with van der Waals surface area (Å²) in [6, 6.07) is 2.04. The lowest BCUT2D eigenvalue weighted by atomic mass is 10.2. The van der Waals surface area contributed by atoms with E-state index >= 15 is 0 Å². The first-order chi connectivity index (χ1) is 8.54. The SMILES string of the molecule is CCCn1cc(N)cc1C(=O)N(CC)C(C)CC. The highest BCUT2D eigenvalue weighted by Gasteiger charge is 2.21. The average Bonchev–Trinajstić information content (AvgIpc) is 2.71. The van der Waals surface area contributed by atoms with E-state index in [-0.39, 0.29) is 11.9 Å². The van der Waals surface area contributed by atoms with Crippen LogP contribution in [-0.2, 0) is 6.54 Å². The van der Waals surface area contributed by atoms with Crippen LogP contribution in [0.3, 0.4) is 0 Å². The number of hydrogen-bond acceptors (Lipinski definition) is 2. The van der Waals surface area contributed by atoms with Gasteiger partial charge in [0.15, 0.2) is 0 Å². The number of carbonyl (C=O) groups excluding carboxylic acids is 1. The predicted octanol–water partition coefficient (Wildman–Crippen LogP) is 2.74. The second-order valence-electron chi connectivity index (χ2n) is 4.70. The third kappa shape index (κ3) is 3.06. The lowest BCUT2D eigenvalue weighted by Gasteiger charge is -2.27. The molecule has 1 aromatic rings. The number of aromatic nitrogens is 1. The molecule has 0 aliphatic heterocycles. The maximum atomic E-state index is 12.5. The van der Waals surface area contributed by atoms with Gasteiger partial charge in [-0.2, -0.15) is 0 Å². The Labute approximate surface area is 110 Å². The van der Waals surface area contributed by atoms with E-state index in [9.17, 15) is 4.79 Å². The molecule has 0 fully saturated rings. The predicted molar refractivity (Wildman–Crippen MR) is 75.6 cm³/mol. The molecule has 0 spiro atoms. The fourth-order valence-electron chi connectivity index (χ4n) is 2.16. The summed E-state index contributed by atoms with van der Waals surface area (Å²) >= 11 is 0. The van der Waals surface area contributed by atoms with Crippen LogP contribution in [-0.4, -0.2) is 28.0 Å². The van der Waals surface area contributed by atoms with Gasteiger partial charge in [-0.15, -0.1) is 0 Å². The van der Waals surface area contributed by atoms with Crippen LogP contribution >= 0.6 is 0 Å². The van der Waals surface area contributed by atoms with Crippen molar-refractivity contribution < 1.29 is 4.79 Å². The Morgan fingerprint density at radius 3 is 2.61 bits per heavy atom. The molecule has 1 rings (SSSR count). The summed E-state index contributed by atoms with van der Waals surface area (Å²) < 4.78 is 1.96. The van der Waals surface area contributed by atoms with Crippen molar-refractivity contribution in [3.8, 4) is 0 Å². The largest absolute Gasteiger partial charge is 0.397 e. The van der Waals surface area contributed by atoms with Crippen molar-refractivity contribution in [3.05, 3.63) is 18.0 Å². The second kappa shape index (κ2) is 6.47. The van der Waals surface area contributed by atoms with E-state index < -0.39 is 0 Å². The summed E-state index contributed by atoms with van der Waals surface area (Å²) in [6.45, 7) is 9.84. The third-order valence-electron chi connectivity index (χ3n) is 3.33. The summed E-state index contributed by atoms with van der Waals surface area (Å²) in [6.07, 6.45) is 3.80. The van der Waals surface area contributed by atoms with E-state index in [1.807, 2.05) is 22.6 Å². The highest BCUT2D eigenvalue weighted by Crippen LogP contribution is 2.16. The van der Waals surface area contributed by atoms with E-state index in [1.165, 1.54) is 0 Å². The summed E-state index contributed by atoms with van der Waals surface area (Å²) in [5.74, 6) is 0.0806. The zero-order valence-corrected chi connectivity index (χ0v) is 11.9. The molecule has 0 aliphatic rings. The molecule has 2 N–H and O–H groups in total. The minimum absolute atomic E-state index is 0.0806. The van der Waals surface area contributed by atoms with Gasteiger partial charge >= 0.3 is 0 Å². The van der Waals surface area contributed by atoms with Gasteiger partial charge in [-0.1, -0.05) is 13.8 Å². The van der Waals surface area contributed by atoms with Gasteiger partial charge in [0.25, 0.3) is 5.91 Å². The third-order valence-corrected chi connectivity index (χ3v) is 3.33. The number of amides is 1. The number of nitrogens with zero attached hydrogens (tertiary/aromatic N) is 2. The van der Waals surface area contributed by atoms with Crippen LogP contribution in [0.1, 0.15) is 51.0 Å². The molecule has 0 aromatic carbocycles. The summed E-state index contributed by atoms with van der Waals surface area (Å²) in [5.41, 5.74) is 7.17. The standard InChI is InChI=1S/C14H25N3O/c1-5-8-16-10-12(15)9-13(16)14(18)17(7-3)11(4)6-2/h9-11H,5-8,15H2,1-4H3. The quantitative estimate of drug-likeness (QED) is 0.845. The Kier molecular flexibility index (Phi) is 5.25. The minimum Gasteiger partial charge on any atom is -0.397 e. The van der Waals surface area contributed by atoms with Gasteiger partial charge in [-0.3, -0.25) is 4.79 Å². The highest BCUT2D eigenvalue weighted by molar-refractivity contribution is 5.94. The first kappa shape index (κ1) is 14.6. The van der Waals surface area contributed by atoms with E-state index in [1.54, 1.807) is 6.07 Å². The Bertz CT molecular complexity index is 398. The number of nitrogen functional groups attached to an aromatic ring is 1. The number of rotatable bonds is 6. The molecule has 0 radical (unpaired) electrons. The average molecular weight is 251 g/mol. The summed E-state index contributed by atoms with van der Waals surface area (Å²) in [4.78, 5) is 14.4. The number of nitrogens with two attached hydrogens (primary N) is 1. The zero-order chi connectivity index (χ0) is 13.7. The van der Waals surface area contributed by atoms with Crippen LogP contribution < -0.4 is 5.73 Å². The normalized spacial score (nSPS) is 12.4. The molecule has 0 aliphatic carbocycles. The van der Waals surface area contributed by atoms with Crippen LogP contribution in [0.5, 0.6) is 0 Å². The lowest BCUT2D eigenvalue weighted by Crippen LogP contribution is -2.39. The van der Waals surface area contributed by atoms with Crippen molar-refractivity contribution in [2.45, 2.75) is 53.1 Å². The Morgan fingerprint density at radius 2 is 2.11 bits per heavy atom. The van der Waals surface area contributed by atoms with E-state index in [2.05, 4.69) is 20.8 Å². The molecule has 0 bridgehead atoms. The van der Waals surface area contributed by atoms with Crippen molar-refractivity contribution in [3.63, 3.8) is 0 Å². The second-order valence-corrected chi connectivity index (χ2v) is 4.70. The molecule has 4 nitrogen and oxygen atoms in total. The maximum Gasteiger partial charge on any atom is 0.270 e. The molecular weight excluding hydrogens is 226 g/mol. The van der Waals surface area contributed by atoms with E-state index in [4.69, 9.17) is 5.73 Å². The van der Waals surface area contributed by atoms with Crippen LogP contribution in [0.25, 0.3) is 0 Å². The first-order valence-corrected chi connectivity index (χ1v) is 6.81. The van der Waals surface area contributed by atoms with Gasteiger partial charge in [0.1, 0.15) is 5.69 Å². The molecule has 1 heterocycles. The van der Waals surface area contributed by atoms with Crippen molar-refractivity contribution in [2.24, 2.45) is 0 Å². The van der Waals surface area contributed by atoms with Gasteiger partial charge < -0.3 is 15.2 Å². The number of aryl methyl sites for hydroxylation is 1. The molecule has 1 atom stereocenters. The van der Waals surface area contributed by atoms with Gasteiger partial charge in [-0.05, 0) is 32.8 Å². The highest BCUT2D eigenvalue weighted by atomic mass is 16.2. The monoisotopic (exact) mass is 251 g/mol. The molecule has 1 amide bonds. The van der Waals surface area contributed by atoms with Crippen LogP contribution in [0.4, 0.5) is 5.69 Å². The van der Waals surface area contributed by atoms with Gasteiger partial charge in [0.05, 0.1) is 5.69 Å². The summed E-state index contributed by atoms with van der Waals surface area (Å²) in [7, 11) is 0. The number of anilines is 1. The maximum absolute atomic E-state index is 12.5. The van der Waals surface area contributed by atoms with E-state index in [0.717, 1.165) is 25.9 Å². The molecule has 1 unspecified atom stereocenters. The summed E-state index contributed by atoms with van der Waals surface area (Å²) in [5, 5.41) is 0. The van der Waals surface area contributed by atoms with E-state index in [0.29, 0.717) is 11.4 Å². The topological polar surface area (TPSA) is 51.3 Å². The van der Waals surface area contributed by atoms with Gasteiger partial charge in [0, 0.05) is 25.3 Å². The Balaban J connectivity index is 3.00. The smallest absolute Gasteiger partial charge is 0.270 e. The van der Waals surface area contributed by atoms with Crippen molar-refractivity contribution in [2.75, 3.05) is 12.3 Å². The van der Waals surface area contributed by atoms with Crippen LogP contribution in [0.2, 0.25) is 0 Å². The molecular formula is C14H25N3O. The fraction of sp³-hybridized carbons (Fsp3) is 0.643. The molecule has 4 heteroatoms. The van der Waals surface area contributed by atoms with Crippen LogP contribution in [0, 0.1) is 0 Å².